The van der Waals surface area contributed by atoms with E-state index in [2.05, 4.69) is 46.3 Å². The van der Waals surface area contributed by atoms with Crippen LogP contribution in [0.2, 0.25) is 0 Å². The third-order valence-electron chi connectivity index (χ3n) is 5.60. The number of rotatable bonds is 10. The number of halogens is 1. The largest absolute Gasteiger partial charge is 0.379 e. The van der Waals surface area contributed by atoms with Gasteiger partial charge >= 0.3 is 0 Å². The standard InChI is InChI=1S/C25H34FN3OS/c1-2-3-5-21-8-12-24(13-9-21)27-25(31)29(20-22-6-10-23(26)11-7-22)15-4-14-28-16-18-30-19-17-28/h6-13H,2-5,14-20H2,1H3,(H,27,31). The summed E-state index contributed by atoms with van der Waals surface area (Å²) < 4.78 is 18.8. The smallest absolute Gasteiger partial charge is 0.173 e. The van der Waals surface area contributed by atoms with Crippen LogP contribution in [0.1, 0.15) is 37.3 Å². The zero-order valence-corrected chi connectivity index (χ0v) is 19.3. The second-order valence-corrected chi connectivity index (χ2v) is 8.47. The Hall–Kier alpha value is -2.02. The average molecular weight is 444 g/mol. The first-order chi connectivity index (χ1) is 15.1. The van der Waals surface area contributed by atoms with Gasteiger partial charge < -0.3 is 15.0 Å². The van der Waals surface area contributed by atoms with E-state index in [0.29, 0.717) is 11.7 Å². The molecule has 1 N–H and O–H groups in total. The van der Waals surface area contributed by atoms with Crippen LogP contribution in [-0.4, -0.2) is 54.3 Å². The Balaban J connectivity index is 1.59. The van der Waals surface area contributed by atoms with Crippen LogP contribution in [-0.2, 0) is 17.7 Å². The van der Waals surface area contributed by atoms with Crippen molar-refractivity contribution in [2.45, 2.75) is 39.2 Å². The molecule has 1 heterocycles. The first-order valence-electron chi connectivity index (χ1n) is 11.3. The molecule has 168 valence electrons. The van der Waals surface area contributed by atoms with Crippen molar-refractivity contribution >= 4 is 23.0 Å². The summed E-state index contributed by atoms with van der Waals surface area (Å²) in [5, 5.41) is 4.10. The van der Waals surface area contributed by atoms with Crippen molar-refractivity contribution in [1.82, 2.24) is 9.80 Å². The normalized spacial score (nSPS) is 14.4. The number of benzene rings is 2. The van der Waals surface area contributed by atoms with E-state index < -0.39 is 0 Å². The topological polar surface area (TPSA) is 27.7 Å². The minimum Gasteiger partial charge on any atom is -0.379 e. The minimum atomic E-state index is -0.216. The molecule has 6 heteroatoms. The highest BCUT2D eigenvalue weighted by atomic mass is 32.1. The third kappa shape index (κ3) is 8.20. The molecule has 1 aliphatic heterocycles. The summed E-state index contributed by atoms with van der Waals surface area (Å²) in [5.74, 6) is -0.216. The molecule has 0 atom stereocenters. The molecular weight excluding hydrogens is 409 g/mol. The minimum absolute atomic E-state index is 0.216. The quantitative estimate of drug-likeness (QED) is 0.517. The van der Waals surface area contributed by atoms with Gasteiger partial charge in [0.2, 0.25) is 0 Å². The van der Waals surface area contributed by atoms with Crippen molar-refractivity contribution in [3.05, 3.63) is 65.5 Å². The van der Waals surface area contributed by atoms with Gasteiger partial charge in [-0.25, -0.2) is 4.39 Å². The van der Waals surface area contributed by atoms with Gasteiger partial charge in [-0.3, -0.25) is 4.90 Å². The van der Waals surface area contributed by atoms with Crippen molar-refractivity contribution in [1.29, 1.82) is 0 Å². The molecule has 0 spiro atoms. The van der Waals surface area contributed by atoms with Crippen LogP contribution < -0.4 is 5.32 Å². The maximum atomic E-state index is 13.3. The number of ether oxygens (including phenoxy) is 1. The van der Waals surface area contributed by atoms with E-state index in [-0.39, 0.29) is 5.82 Å². The maximum absolute atomic E-state index is 13.3. The van der Waals surface area contributed by atoms with Gasteiger partial charge in [0.1, 0.15) is 5.82 Å². The summed E-state index contributed by atoms with van der Waals surface area (Å²) >= 11 is 5.76. The highest BCUT2D eigenvalue weighted by Crippen LogP contribution is 2.15. The second-order valence-electron chi connectivity index (χ2n) is 8.09. The van der Waals surface area contributed by atoms with Gasteiger partial charge in [-0.2, -0.15) is 0 Å². The summed E-state index contributed by atoms with van der Waals surface area (Å²) in [6.45, 7) is 8.34. The Labute approximate surface area is 191 Å². The Morgan fingerprint density at radius 2 is 1.71 bits per heavy atom. The number of hydrogen-bond donors (Lipinski definition) is 1. The van der Waals surface area contributed by atoms with E-state index in [9.17, 15) is 4.39 Å². The van der Waals surface area contributed by atoms with Crippen molar-refractivity contribution in [2.24, 2.45) is 0 Å². The van der Waals surface area contributed by atoms with E-state index in [0.717, 1.165) is 63.5 Å². The van der Waals surface area contributed by atoms with Crippen LogP contribution in [0.4, 0.5) is 10.1 Å². The lowest BCUT2D eigenvalue weighted by Crippen LogP contribution is -2.40. The van der Waals surface area contributed by atoms with Crippen LogP contribution >= 0.6 is 12.2 Å². The molecule has 0 bridgehead atoms. The number of hydrogen-bond acceptors (Lipinski definition) is 3. The number of nitrogens with one attached hydrogen (secondary N) is 1. The van der Waals surface area contributed by atoms with Gasteiger partial charge in [0.05, 0.1) is 13.2 Å². The Bertz CT molecular complexity index is 791. The molecule has 3 rings (SSSR count). The summed E-state index contributed by atoms with van der Waals surface area (Å²) in [7, 11) is 0. The Morgan fingerprint density at radius 1 is 1.03 bits per heavy atom. The molecule has 0 aliphatic carbocycles. The molecule has 0 saturated carbocycles. The lowest BCUT2D eigenvalue weighted by molar-refractivity contribution is 0.0368. The molecule has 1 fully saturated rings. The molecule has 1 saturated heterocycles. The van der Waals surface area contributed by atoms with Crippen LogP contribution in [0.25, 0.3) is 0 Å². The van der Waals surface area contributed by atoms with E-state index in [1.54, 1.807) is 0 Å². The molecular formula is C25H34FN3OS. The fourth-order valence-electron chi connectivity index (χ4n) is 3.71. The average Bonchev–Trinajstić information content (AvgIpc) is 2.80. The van der Waals surface area contributed by atoms with Crippen LogP contribution in [0.3, 0.4) is 0 Å². The monoisotopic (exact) mass is 443 g/mol. The van der Waals surface area contributed by atoms with Gasteiger partial charge in [0.15, 0.2) is 5.11 Å². The summed E-state index contributed by atoms with van der Waals surface area (Å²) in [6.07, 6.45) is 4.53. The third-order valence-corrected chi connectivity index (χ3v) is 5.96. The highest BCUT2D eigenvalue weighted by molar-refractivity contribution is 7.80. The first kappa shape index (κ1) is 23.6. The molecule has 1 aliphatic rings. The van der Waals surface area contributed by atoms with E-state index in [1.165, 1.54) is 30.5 Å². The molecule has 0 aromatic heterocycles. The van der Waals surface area contributed by atoms with Gasteiger partial charge in [-0.1, -0.05) is 37.6 Å². The first-order valence-corrected chi connectivity index (χ1v) is 11.7. The molecule has 0 amide bonds. The Morgan fingerprint density at radius 3 is 2.39 bits per heavy atom. The number of unbranched alkanes of at least 4 members (excludes halogenated alkanes) is 1. The van der Waals surface area contributed by atoms with Crippen molar-refractivity contribution in [3.8, 4) is 0 Å². The van der Waals surface area contributed by atoms with Crippen molar-refractivity contribution in [3.63, 3.8) is 0 Å². The number of anilines is 1. The highest BCUT2D eigenvalue weighted by Gasteiger charge is 2.14. The predicted molar refractivity (Wildman–Crippen MR) is 130 cm³/mol. The molecule has 0 radical (unpaired) electrons. The SMILES string of the molecule is CCCCc1ccc(NC(=S)N(CCCN2CCOCC2)Cc2ccc(F)cc2)cc1. The Kier molecular flexibility index (Phi) is 9.72. The predicted octanol–water partition coefficient (Wildman–Crippen LogP) is 5.09. The second kappa shape index (κ2) is 12.7. The zero-order chi connectivity index (χ0) is 21.9. The van der Waals surface area contributed by atoms with Gasteiger partial charge in [0, 0.05) is 38.4 Å². The number of nitrogens with zero attached hydrogens (tertiary/aromatic N) is 2. The number of morpholine rings is 1. The van der Waals surface area contributed by atoms with Crippen molar-refractivity contribution < 1.29 is 9.13 Å². The lowest BCUT2D eigenvalue weighted by atomic mass is 10.1. The molecule has 2 aromatic rings. The van der Waals surface area contributed by atoms with Gasteiger partial charge in [0.25, 0.3) is 0 Å². The fraction of sp³-hybridized carbons (Fsp3) is 0.480. The fourth-order valence-corrected chi connectivity index (χ4v) is 3.98. The van der Waals surface area contributed by atoms with E-state index >= 15 is 0 Å². The van der Waals surface area contributed by atoms with Crippen LogP contribution in [0.15, 0.2) is 48.5 Å². The number of aryl methyl sites for hydroxylation is 1. The zero-order valence-electron chi connectivity index (χ0n) is 18.5. The van der Waals surface area contributed by atoms with Gasteiger partial charge in [-0.15, -0.1) is 0 Å². The van der Waals surface area contributed by atoms with E-state index in [1.807, 2.05) is 12.1 Å². The van der Waals surface area contributed by atoms with Gasteiger partial charge in [-0.05, 0) is 66.9 Å². The number of thiocarbonyl (C=S) groups is 1. The van der Waals surface area contributed by atoms with E-state index in [4.69, 9.17) is 17.0 Å². The van der Waals surface area contributed by atoms with Crippen molar-refractivity contribution in [2.75, 3.05) is 44.7 Å². The summed E-state index contributed by atoms with van der Waals surface area (Å²) in [6, 6.07) is 15.2. The summed E-state index contributed by atoms with van der Waals surface area (Å²) in [5.41, 5.74) is 3.40. The molecule has 31 heavy (non-hydrogen) atoms. The molecule has 2 aromatic carbocycles. The maximum Gasteiger partial charge on any atom is 0.173 e. The summed E-state index contributed by atoms with van der Waals surface area (Å²) in [4.78, 5) is 4.61. The molecule has 4 nitrogen and oxygen atoms in total. The lowest BCUT2D eigenvalue weighted by Gasteiger charge is -2.29. The van der Waals surface area contributed by atoms with Crippen LogP contribution in [0.5, 0.6) is 0 Å². The van der Waals surface area contributed by atoms with Crippen LogP contribution in [0, 0.1) is 5.82 Å². The molecule has 0 unspecified atom stereocenters.